The molecule has 1 heteroatoms. The Balaban J connectivity index is 1.95. The van der Waals surface area contributed by atoms with E-state index in [4.69, 9.17) is 5.41 Å². The van der Waals surface area contributed by atoms with Gasteiger partial charge in [0, 0.05) is 5.71 Å². The summed E-state index contributed by atoms with van der Waals surface area (Å²) in [6, 6.07) is 0. The van der Waals surface area contributed by atoms with Crippen molar-refractivity contribution in [1.82, 2.24) is 0 Å². The van der Waals surface area contributed by atoms with E-state index in [1.165, 1.54) is 44.9 Å². The third-order valence-electron chi connectivity index (χ3n) is 6.32. The van der Waals surface area contributed by atoms with Crippen LogP contribution in [0.25, 0.3) is 0 Å². The molecule has 0 aromatic heterocycles. The van der Waals surface area contributed by atoms with Crippen LogP contribution in [0.1, 0.15) is 79.1 Å². The molecule has 6 atom stereocenters. The monoisotopic (exact) mass is 277 g/mol. The van der Waals surface area contributed by atoms with Crippen molar-refractivity contribution in [1.29, 1.82) is 5.41 Å². The Kier molecular flexibility index (Phi) is 5.69. The molecular formula is C19H35N. The fourth-order valence-electron chi connectivity index (χ4n) is 5.14. The first-order valence-corrected chi connectivity index (χ1v) is 9.11. The lowest BCUT2D eigenvalue weighted by molar-refractivity contribution is 0.0842. The topological polar surface area (TPSA) is 23.9 Å². The number of unbranched alkanes of at least 4 members (excludes halogenated alkanes) is 1. The number of hydrogen-bond donors (Lipinski definition) is 1. The molecular weight excluding hydrogens is 242 g/mol. The first kappa shape index (κ1) is 16.0. The quantitative estimate of drug-likeness (QED) is 0.622. The highest BCUT2D eigenvalue weighted by atomic mass is 14.5. The van der Waals surface area contributed by atoms with Gasteiger partial charge in [0.2, 0.25) is 0 Å². The van der Waals surface area contributed by atoms with Crippen molar-refractivity contribution in [2.24, 2.45) is 35.5 Å². The second-order valence-corrected chi connectivity index (χ2v) is 7.91. The van der Waals surface area contributed by atoms with Crippen LogP contribution in [-0.4, -0.2) is 5.71 Å². The first-order valence-electron chi connectivity index (χ1n) is 9.11. The molecule has 0 saturated heterocycles. The summed E-state index contributed by atoms with van der Waals surface area (Å²) < 4.78 is 0. The standard InChI is InChI=1S/C19H35N/c1-5-6-9-16-10-7-8-13(2)19(16)15(4)11-17-14(3)12-18(17)20/h13-17,19-20H,5-12H2,1-4H3. The van der Waals surface area contributed by atoms with Crippen molar-refractivity contribution < 1.29 is 0 Å². The van der Waals surface area contributed by atoms with E-state index in [0.717, 1.165) is 41.7 Å². The van der Waals surface area contributed by atoms with Gasteiger partial charge in [0.05, 0.1) is 0 Å². The Morgan fingerprint density at radius 3 is 2.55 bits per heavy atom. The lowest BCUT2D eigenvalue weighted by Crippen LogP contribution is -2.39. The molecule has 1 N–H and O–H groups in total. The predicted molar refractivity (Wildman–Crippen MR) is 88.3 cm³/mol. The Bertz CT molecular complexity index is 322. The Labute approximate surface area is 126 Å². The summed E-state index contributed by atoms with van der Waals surface area (Å²) in [7, 11) is 0. The molecule has 0 aromatic carbocycles. The van der Waals surface area contributed by atoms with Crippen LogP contribution in [0.3, 0.4) is 0 Å². The van der Waals surface area contributed by atoms with Gasteiger partial charge in [0.1, 0.15) is 0 Å². The molecule has 2 fully saturated rings. The van der Waals surface area contributed by atoms with Gasteiger partial charge in [-0.3, -0.25) is 0 Å². The van der Waals surface area contributed by atoms with Crippen molar-refractivity contribution in [3.8, 4) is 0 Å². The third-order valence-corrected chi connectivity index (χ3v) is 6.32. The Morgan fingerprint density at radius 1 is 1.20 bits per heavy atom. The molecule has 20 heavy (non-hydrogen) atoms. The molecule has 2 saturated carbocycles. The average Bonchev–Trinajstić information content (AvgIpc) is 2.42. The van der Waals surface area contributed by atoms with Crippen LogP contribution < -0.4 is 0 Å². The van der Waals surface area contributed by atoms with Crippen LogP contribution in [0.4, 0.5) is 0 Å². The van der Waals surface area contributed by atoms with Crippen LogP contribution in [0, 0.1) is 40.9 Å². The number of nitrogens with one attached hydrogen (secondary N) is 1. The summed E-state index contributed by atoms with van der Waals surface area (Å²) in [4.78, 5) is 0. The molecule has 0 aliphatic heterocycles. The molecule has 2 rings (SSSR count). The van der Waals surface area contributed by atoms with Gasteiger partial charge >= 0.3 is 0 Å². The predicted octanol–water partition coefficient (Wildman–Crippen LogP) is 5.93. The third kappa shape index (κ3) is 3.46. The molecule has 0 bridgehead atoms. The van der Waals surface area contributed by atoms with Gasteiger partial charge in [-0.2, -0.15) is 0 Å². The molecule has 0 spiro atoms. The molecule has 0 amide bonds. The maximum atomic E-state index is 8.04. The molecule has 2 aliphatic carbocycles. The van der Waals surface area contributed by atoms with Crippen LogP contribution in [0.15, 0.2) is 0 Å². The van der Waals surface area contributed by atoms with Crippen molar-refractivity contribution in [2.75, 3.05) is 0 Å². The van der Waals surface area contributed by atoms with E-state index in [1.54, 1.807) is 0 Å². The van der Waals surface area contributed by atoms with Gasteiger partial charge in [-0.05, 0) is 48.3 Å². The molecule has 0 aromatic rings. The maximum absolute atomic E-state index is 8.04. The zero-order chi connectivity index (χ0) is 14.7. The molecule has 116 valence electrons. The van der Waals surface area contributed by atoms with Gasteiger partial charge in [0.25, 0.3) is 0 Å². The molecule has 0 radical (unpaired) electrons. The van der Waals surface area contributed by atoms with Crippen LogP contribution in [0.2, 0.25) is 0 Å². The normalized spacial score (nSPS) is 39.4. The van der Waals surface area contributed by atoms with E-state index >= 15 is 0 Å². The number of hydrogen-bond acceptors (Lipinski definition) is 1. The van der Waals surface area contributed by atoms with Crippen molar-refractivity contribution >= 4 is 5.71 Å². The van der Waals surface area contributed by atoms with Gasteiger partial charge in [-0.15, -0.1) is 0 Å². The van der Waals surface area contributed by atoms with E-state index in [1.807, 2.05) is 0 Å². The van der Waals surface area contributed by atoms with E-state index in [0.29, 0.717) is 5.92 Å². The van der Waals surface area contributed by atoms with Crippen molar-refractivity contribution in [2.45, 2.75) is 79.1 Å². The van der Waals surface area contributed by atoms with Gasteiger partial charge in [-0.1, -0.05) is 66.2 Å². The SMILES string of the molecule is CCCCC1CCCC(C)C1C(C)CC1C(=N)CC1C. The summed E-state index contributed by atoms with van der Waals surface area (Å²) >= 11 is 0. The summed E-state index contributed by atoms with van der Waals surface area (Å²) in [5, 5.41) is 8.04. The van der Waals surface area contributed by atoms with E-state index in [9.17, 15) is 0 Å². The summed E-state index contributed by atoms with van der Waals surface area (Å²) in [5.41, 5.74) is 1.04. The first-order chi connectivity index (χ1) is 9.54. The minimum Gasteiger partial charge on any atom is -0.309 e. The minimum atomic E-state index is 0.617. The summed E-state index contributed by atoms with van der Waals surface area (Å²) in [6.07, 6.45) is 10.9. The lowest BCUT2D eigenvalue weighted by atomic mass is 9.61. The van der Waals surface area contributed by atoms with Crippen molar-refractivity contribution in [3.05, 3.63) is 0 Å². The molecule has 0 heterocycles. The average molecular weight is 277 g/mol. The molecule has 2 aliphatic rings. The van der Waals surface area contributed by atoms with E-state index < -0.39 is 0 Å². The second kappa shape index (κ2) is 7.09. The zero-order valence-electron chi connectivity index (χ0n) is 14.1. The summed E-state index contributed by atoms with van der Waals surface area (Å²) in [6.45, 7) is 9.65. The lowest BCUT2D eigenvalue weighted by Gasteiger charge is -2.44. The second-order valence-electron chi connectivity index (χ2n) is 7.91. The highest BCUT2D eigenvalue weighted by Gasteiger charge is 2.39. The largest absolute Gasteiger partial charge is 0.309 e. The highest BCUT2D eigenvalue weighted by molar-refractivity contribution is 5.89. The van der Waals surface area contributed by atoms with Crippen LogP contribution in [-0.2, 0) is 0 Å². The maximum Gasteiger partial charge on any atom is 0.0126 e. The zero-order valence-corrected chi connectivity index (χ0v) is 14.1. The Morgan fingerprint density at radius 2 is 1.95 bits per heavy atom. The van der Waals surface area contributed by atoms with E-state index in [2.05, 4.69) is 27.7 Å². The minimum absolute atomic E-state index is 0.617. The molecule has 6 unspecified atom stereocenters. The van der Waals surface area contributed by atoms with Crippen LogP contribution in [0.5, 0.6) is 0 Å². The van der Waals surface area contributed by atoms with Gasteiger partial charge in [0.15, 0.2) is 0 Å². The van der Waals surface area contributed by atoms with Crippen molar-refractivity contribution in [3.63, 3.8) is 0 Å². The van der Waals surface area contributed by atoms with E-state index in [-0.39, 0.29) is 0 Å². The van der Waals surface area contributed by atoms with Gasteiger partial charge < -0.3 is 5.41 Å². The smallest absolute Gasteiger partial charge is 0.0126 e. The fourth-order valence-corrected chi connectivity index (χ4v) is 5.14. The highest BCUT2D eigenvalue weighted by Crippen LogP contribution is 2.46. The van der Waals surface area contributed by atoms with Crippen LogP contribution >= 0.6 is 0 Å². The Hall–Kier alpha value is -0.330. The number of rotatable bonds is 6. The fraction of sp³-hybridized carbons (Fsp3) is 0.947. The molecule has 1 nitrogen and oxygen atoms in total. The summed E-state index contributed by atoms with van der Waals surface area (Å²) in [5.74, 6) is 5.02. The van der Waals surface area contributed by atoms with Gasteiger partial charge in [-0.25, -0.2) is 0 Å².